The van der Waals surface area contributed by atoms with Crippen LogP contribution in [0.25, 0.3) is 0 Å². The minimum absolute atomic E-state index is 0.0402. The second kappa shape index (κ2) is 7.86. The smallest absolute Gasteiger partial charge is 0.233 e. The van der Waals surface area contributed by atoms with Crippen molar-refractivity contribution >= 4 is 17.7 Å². The molecule has 1 amide bonds. The molecule has 0 spiro atoms. The summed E-state index contributed by atoms with van der Waals surface area (Å²) in [5.41, 5.74) is 2.32. The van der Waals surface area contributed by atoms with E-state index in [9.17, 15) is 4.79 Å². The number of carbonyl (C=O) groups is 1. The number of aromatic nitrogens is 2. The lowest BCUT2D eigenvalue weighted by atomic mass is 9.95. The normalized spacial score (nSPS) is 17.2. The van der Waals surface area contributed by atoms with Crippen molar-refractivity contribution in [1.82, 2.24) is 14.9 Å². The Labute approximate surface area is 137 Å². The van der Waals surface area contributed by atoms with Gasteiger partial charge in [-0.1, -0.05) is 37.1 Å². The predicted molar refractivity (Wildman–Crippen MR) is 92.3 cm³/mol. The van der Waals surface area contributed by atoms with Crippen LogP contribution in [0, 0.1) is 13.8 Å². The Morgan fingerprint density at radius 2 is 2.14 bits per heavy atom. The number of aryl methyl sites for hydroxylation is 1. The number of hydrogen-bond donors (Lipinski definition) is 1. The molecule has 2 rings (SSSR count). The van der Waals surface area contributed by atoms with Crippen LogP contribution >= 0.6 is 11.8 Å². The molecule has 122 valence electrons. The first-order chi connectivity index (χ1) is 10.5. The molecule has 1 atom stereocenters. The summed E-state index contributed by atoms with van der Waals surface area (Å²) in [6.45, 7) is 10.3. The predicted octanol–water partition coefficient (Wildman–Crippen LogP) is 3.79. The Balaban J connectivity index is 2.14. The Hall–Kier alpha value is -1.23. The van der Waals surface area contributed by atoms with Gasteiger partial charge in [-0.05, 0) is 33.6 Å². The zero-order valence-electron chi connectivity index (χ0n) is 13.9. The van der Waals surface area contributed by atoms with E-state index in [0.717, 1.165) is 10.9 Å². The van der Waals surface area contributed by atoms with Crippen molar-refractivity contribution in [3.63, 3.8) is 0 Å². The van der Waals surface area contributed by atoms with Crippen LogP contribution in [0.3, 0.4) is 0 Å². The van der Waals surface area contributed by atoms with E-state index in [-0.39, 0.29) is 11.2 Å². The molecule has 1 unspecified atom stereocenters. The van der Waals surface area contributed by atoms with Crippen LogP contribution in [0.1, 0.15) is 56.5 Å². The molecule has 1 aromatic heterocycles. The van der Waals surface area contributed by atoms with Crippen LogP contribution in [-0.4, -0.2) is 27.3 Å². The summed E-state index contributed by atoms with van der Waals surface area (Å²) in [5, 5.41) is 3.70. The van der Waals surface area contributed by atoms with Crippen LogP contribution < -0.4 is 5.32 Å². The van der Waals surface area contributed by atoms with E-state index in [1.54, 1.807) is 17.8 Å². The highest BCUT2D eigenvalue weighted by Crippen LogP contribution is 2.35. The molecule has 22 heavy (non-hydrogen) atoms. The van der Waals surface area contributed by atoms with Gasteiger partial charge < -0.3 is 9.88 Å². The van der Waals surface area contributed by atoms with Crippen molar-refractivity contribution in [2.24, 2.45) is 0 Å². The van der Waals surface area contributed by atoms with Gasteiger partial charge in [-0.2, -0.15) is 0 Å². The molecule has 1 aromatic rings. The summed E-state index contributed by atoms with van der Waals surface area (Å²) in [4.78, 5) is 16.8. The standard InChI is InChI=1S/C17H27N3OS/c1-5-11-18-16(21)14(4)22-17-19-12(2)13(3)20(17)15-9-7-6-8-10-15/h5,14-15H,1,6-11H2,2-4H3,(H,18,21). The Morgan fingerprint density at radius 3 is 2.77 bits per heavy atom. The number of amides is 1. The SMILES string of the molecule is C=CCNC(=O)C(C)Sc1nc(C)c(C)n1C1CCCCC1. The van der Waals surface area contributed by atoms with Gasteiger partial charge in [-0.15, -0.1) is 6.58 Å². The molecule has 1 heterocycles. The minimum atomic E-state index is -0.150. The molecule has 5 heteroatoms. The van der Waals surface area contributed by atoms with Gasteiger partial charge in [-0.25, -0.2) is 4.98 Å². The van der Waals surface area contributed by atoms with E-state index in [1.807, 2.05) is 6.92 Å². The molecular weight excluding hydrogens is 294 g/mol. The molecule has 0 aliphatic heterocycles. The molecule has 0 saturated heterocycles. The molecule has 0 radical (unpaired) electrons. The third-order valence-corrected chi connectivity index (χ3v) is 5.43. The molecule has 1 saturated carbocycles. The summed E-state index contributed by atoms with van der Waals surface area (Å²) >= 11 is 1.56. The monoisotopic (exact) mass is 321 g/mol. The lowest BCUT2D eigenvalue weighted by Gasteiger charge is -2.26. The van der Waals surface area contributed by atoms with Gasteiger partial charge in [0.15, 0.2) is 5.16 Å². The van der Waals surface area contributed by atoms with E-state index in [4.69, 9.17) is 4.98 Å². The number of nitrogens with zero attached hydrogens (tertiary/aromatic N) is 2. The third kappa shape index (κ3) is 3.94. The van der Waals surface area contributed by atoms with E-state index in [0.29, 0.717) is 12.6 Å². The Kier molecular flexibility index (Phi) is 6.12. The summed E-state index contributed by atoms with van der Waals surface area (Å²) in [6, 6.07) is 0.542. The highest BCUT2D eigenvalue weighted by atomic mass is 32.2. The van der Waals surface area contributed by atoms with Crippen molar-refractivity contribution in [3.05, 3.63) is 24.0 Å². The lowest BCUT2D eigenvalue weighted by Crippen LogP contribution is -2.31. The summed E-state index contributed by atoms with van der Waals surface area (Å²) in [6.07, 6.45) is 8.07. The molecule has 1 N–H and O–H groups in total. The van der Waals surface area contributed by atoms with Crippen LogP contribution in [0.4, 0.5) is 0 Å². The molecule has 1 aliphatic rings. The number of imidazole rings is 1. The number of nitrogens with one attached hydrogen (secondary N) is 1. The van der Waals surface area contributed by atoms with Crippen LogP contribution in [0.5, 0.6) is 0 Å². The number of hydrogen-bond acceptors (Lipinski definition) is 3. The zero-order chi connectivity index (χ0) is 16.1. The van der Waals surface area contributed by atoms with Crippen LogP contribution in [-0.2, 0) is 4.79 Å². The van der Waals surface area contributed by atoms with Gasteiger partial charge in [0.1, 0.15) is 0 Å². The zero-order valence-corrected chi connectivity index (χ0v) is 14.7. The first kappa shape index (κ1) is 17.1. The maximum atomic E-state index is 12.1. The van der Waals surface area contributed by atoms with Gasteiger partial charge in [0, 0.05) is 18.3 Å². The van der Waals surface area contributed by atoms with E-state index < -0.39 is 0 Å². The van der Waals surface area contributed by atoms with Crippen molar-refractivity contribution < 1.29 is 4.79 Å². The van der Waals surface area contributed by atoms with Crippen molar-refractivity contribution in [2.45, 2.75) is 69.3 Å². The quantitative estimate of drug-likeness (QED) is 0.640. The fraction of sp³-hybridized carbons (Fsp3) is 0.647. The second-order valence-electron chi connectivity index (χ2n) is 6.02. The summed E-state index contributed by atoms with van der Waals surface area (Å²) < 4.78 is 2.37. The van der Waals surface area contributed by atoms with Crippen molar-refractivity contribution in [3.8, 4) is 0 Å². The van der Waals surface area contributed by atoms with E-state index in [2.05, 4.69) is 30.3 Å². The van der Waals surface area contributed by atoms with Crippen molar-refractivity contribution in [2.75, 3.05) is 6.54 Å². The molecule has 1 aliphatic carbocycles. The second-order valence-corrected chi connectivity index (χ2v) is 7.33. The van der Waals surface area contributed by atoms with Gasteiger partial charge in [0.05, 0.1) is 10.9 Å². The summed E-state index contributed by atoms with van der Waals surface area (Å²) in [5.74, 6) is 0.0402. The molecule has 4 nitrogen and oxygen atoms in total. The summed E-state index contributed by atoms with van der Waals surface area (Å²) in [7, 11) is 0. The van der Waals surface area contributed by atoms with Gasteiger partial charge in [0.2, 0.25) is 5.91 Å². The van der Waals surface area contributed by atoms with E-state index >= 15 is 0 Å². The molecular formula is C17H27N3OS. The third-order valence-electron chi connectivity index (χ3n) is 4.37. The van der Waals surface area contributed by atoms with Crippen LogP contribution in [0.15, 0.2) is 17.8 Å². The molecule has 1 fully saturated rings. The number of rotatable bonds is 6. The fourth-order valence-corrected chi connectivity index (χ4v) is 4.07. The lowest BCUT2D eigenvalue weighted by molar-refractivity contribution is -0.120. The van der Waals surface area contributed by atoms with Crippen molar-refractivity contribution in [1.29, 1.82) is 0 Å². The average molecular weight is 321 g/mol. The highest BCUT2D eigenvalue weighted by molar-refractivity contribution is 8.00. The average Bonchev–Trinajstić information content (AvgIpc) is 2.80. The van der Waals surface area contributed by atoms with Gasteiger partial charge in [-0.3, -0.25) is 4.79 Å². The minimum Gasteiger partial charge on any atom is -0.352 e. The molecule has 0 bridgehead atoms. The largest absolute Gasteiger partial charge is 0.352 e. The Morgan fingerprint density at radius 1 is 1.45 bits per heavy atom. The highest BCUT2D eigenvalue weighted by Gasteiger charge is 2.24. The number of thioether (sulfide) groups is 1. The van der Waals surface area contributed by atoms with Crippen LogP contribution in [0.2, 0.25) is 0 Å². The first-order valence-corrected chi connectivity index (χ1v) is 9.03. The Bertz CT molecular complexity index is 532. The number of carbonyl (C=O) groups excluding carboxylic acids is 1. The maximum absolute atomic E-state index is 12.1. The fourth-order valence-electron chi connectivity index (χ4n) is 2.98. The topological polar surface area (TPSA) is 46.9 Å². The van der Waals surface area contributed by atoms with Gasteiger partial charge >= 0.3 is 0 Å². The molecule has 0 aromatic carbocycles. The first-order valence-electron chi connectivity index (χ1n) is 8.15. The maximum Gasteiger partial charge on any atom is 0.233 e. The van der Waals surface area contributed by atoms with E-state index in [1.165, 1.54) is 37.8 Å². The van der Waals surface area contributed by atoms with Gasteiger partial charge in [0.25, 0.3) is 0 Å².